The first kappa shape index (κ1) is 18.3. The van der Waals surface area contributed by atoms with Crippen LogP contribution in [0.2, 0.25) is 0 Å². The molecule has 2 aromatic heterocycles. The van der Waals surface area contributed by atoms with Gasteiger partial charge >= 0.3 is 0 Å². The van der Waals surface area contributed by atoms with Gasteiger partial charge in [0.15, 0.2) is 17.5 Å². The van der Waals surface area contributed by atoms with Crippen molar-refractivity contribution in [1.29, 1.82) is 0 Å². The highest BCUT2D eigenvalue weighted by Gasteiger charge is 2.83. The third kappa shape index (κ3) is 2.28. The molecule has 31 heavy (non-hydrogen) atoms. The van der Waals surface area contributed by atoms with Crippen molar-refractivity contribution < 1.29 is 14.2 Å². The Kier molecular flexibility index (Phi) is 3.52. The van der Waals surface area contributed by atoms with Gasteiger partial charge in [0.25, 0.3) is 0 Å². The van der Waals surface area contributed by atoms with Gasteiger partial charge in [-0.25, -0.2) is 9.37 Å². The van der Waals surface area contributed by atoms with Crippen LogP contribution in [-0.4, -0.2) is 43.5 Å². The second-order valence-electron chi connectivity index (χ2n) is 10.3. The van der Waals surface area contributed by atoms with Gasteiger partial charge in [-0.15, -0.1) is 0 Å². The SMILES string of the molecule is Cc1cc(Nc2nc(NC3C4CC5CC6(O)CC3C56C4)nc(C3CCCO3)c2F)n[nH]1. The van der Waals surface area contributed by atoms with Gasteiger partial charge in [0.05, 0.1) is 5.60 Å². The minimum absolute atomic E-state index is 0.112. The van der Waals surface area contributed by atoms with E-state index in [-0.39, 0.29) is 23.4 Å². The van der Waals surface area contributed by atoms with Crippen LogP contribution in [0.1, 0.15) is 56.0 Å². The Balaban J connectivity index is 1.22. The third-order valence-corrected chi connectivity index (χ3v) is 8.89. The molecule has 164 valence electrons. The van der Waals surface area contributed by atoms with E-state index in [0.717, 1.165) is 44.2 Å². The Bertz CT molecular complexity index is 1070. The molecule has 8 nitrogen and oxygen atoms in total. The number of fused-ring (bicyclic) bond motifs is 1. The Hall–Kier alpha value is -2.26. The second-order valence-corrected chi connectivity index (χ2v) is 10.3. The van der Waals surface area contributed by atoms with Crippen molar-refractivity contribution in [3.8, 4) is 0 Å². The van der Waals surface area contributed by atoms with Crippen molar-refractivity contribution in [3.05, 3.63) is 23.3 Å². The first-order valence-corrected chi connectivity index (χ1v) is 11.4. The van der Waals surface area contributed by atoms with Gasteiger partial charge in [-0.2, -0.15) is 10.1 Å². The van der Waals surface area contributed by atoms with Crippen LogP contribution >= 0.6 is 0 Å². The molecule has 5 aliphatic rings. The highest BCUT2D eigenvalue weighted by Crippen LogP contribution is 2.82. The van der Waals surface area contributed by atoms with Gasteiger partial charge in [0.1, 0.15) is 11.8 Å². The number of anilines is 3. The molecule has 2 bridgehead atoms. The van der Waals surface area contributed by atoms with Crippen molar-refractivity contribution in [2.24, 2.45) is 23.2 Å². The first-order valence-electron chi connectivity index (χ1n) is 11.4. The number of aromatic nitrogens is 4. The van der Waals surface area contributed by atoms with E-state index >= 15 is 4.39 Å². The molecule has 1 saturated heterocycles. The molecule has 4 saturated carbocycles. The molecule has 9 heteroatoms. The average molecular weight is 426 g/mol. The Morgan fingerprint density at radius 3 is 2.90 bits per heavy atom. The first-order chi connectivity index (χ1) is 15.0. The number of aliphatic hydroxyl groups is 1. The summed E-state index contributed by atoms with van der Waals surface area (Å²) in [6.07, 6.45) is 5.37. The maximum atomic E-state index is 15.4. The van der Waals surface area contributed by atoms with Crippen molar-refractivity contribution in [2.75, 3.05) is 17.2 Å². The lowest BCUT2D eigenvalue weighted by Gasteiger charge is -2.72. The number of aromatic amines is 1. The number of aryl methyl sites for hydroxylation is 1. The zero-order chi connectivity index (χ0) is 21.0. The Morgan fingerprint density at radius 1 is 1.29 bits per heavy atom. The number of H-pyrrole nitrogens is 1. The fraction of sp³-hybridized carbons (Fsp3) is 0.682. The van der Waals surface area contributed by atoms with Gasteiger partial charge in [-0.3, -0.25) is 5.10 Å². The molecule has 3 heterocycles. The molecule has 4 aliphatic carbocycles. The van der Waals surface area contributed by atoms with Crippen molar-refractivity contribution in [2.45, 2.75) is 63.2 Å². The molecule has 1 spiro atoms. The van der Waals surface area contributed by atoms with Gasteiger partial charge in [0, 0.05) is 29.8 Å². The molecule has 0 radical (unpaired) electrons. The monoisotopic (exact) mass is 426 g/mol. The normalized spacial score (nSPS) is 41.6. The fourth-order valence-electron chi connectivity index (χ4n) is 7.69. The predicted molar refractivity (Wildman–Crippen MR) is 110 cm³/mol. The van der Waals surface area contributed by atoms with E-state index < -0.39 is 11.4 Å². The van der Waals surface area contributed by atoms with E-state index in [1.54, 1.807) is 6.07 Å². The van der Waals surface area contributed by atoms with Crippen molar-refractivity contribution in [3.63, 3.8) is 0 Å². The summed E-state index contributed by atoms with van der Waals surface area (Å²) in [6.45, 7) is 2.51. The van der Waals surface area contributed by atoms with Crippen LogP contribution in [0.3, 0.4) is 0 Å². The van der Waals surface area contributed by atoms with E-state index in [1.807, 2.05) is 6.92 Å². The maximum absolute atomic E-state index is 15.4. The molecule has 0 aromatic carbocycles. The molecule has 1 aliphatic heterocycles. The molecule has 7 atom stereocenters. The molecule has 7 unspecified atom stereocenters. The van der Waals surface area contributed by atoms with Crippen LogP contribution in [0, 0.1) is 35.9 Å². The Labute approximate surface area is 179 Å². The lowest BCUT2D eigenvalue weighted by molar-refractivity contribution is -0.306. The minimum Gasteiger partial charge on any atom is -0.389 e. The standard InChI is InChI=1S/C22H27FN6O2/c1-10-5-15(29-28-10)24-19-16(23)18(14-3-2-4-31-14)26-20(27-19)25-17-11-6-12-8-21(30)9-13(17)22(12,21)7-11/h5,11-14,17,30H,2-4,6-9H2,1H3,(H3,24,25,26,27,28,29). The van der Waals surface area contributed by atoms with Crippen LogP contribution in [0.15, 0.2) is 6.07 Å². The molecule has 2 aromatic rings. The zero-order valence-corrected chi connectivity index (χ0v) is 17.5. The summed E-state index contributed by atoms with van der Waals surface area (Å²) in [6, 6.07) is 2.04. The molecular formula is C22H27FN6O2. The van der Waals surface area contributed by atoms with Crippen LogP contribution in [0.25, 0.3) is 0 Å². The summed E-state index contributed by atoms with van der Waals surface area (Å²) < 4.78 is 21.1. The summed E-state index contributed by atoms with van der Waals surface area (Å²) in [7, 11) is 0. The Morgan fingerprint density at radius 2 is 2.19 bits per heavy atom. The predicted octanol–water partition coefficient (Wildman–Crippen LogP) is 3.20. The second kappa shape index (κ2) is 5.95. The van der Waals surface area contributed by atoms with E-state index in [2.05, 4.69) is 30.8 Å². The third-order valence-electron chi connectivity index (χ3n) is 8.89. The lowest BCUT2D eigenvalue weighted by atomic mass is 9.35. The number of halogens is 1. The van der Waals surface area contributed by atoms with Crippen molar-refractivity contribution >= 4 is 17.6 Å². The summed E-state index contributed by atoms with van der Waals surface area (Å²) in [4.78, 5) is 9.09. The highest BCUT2D eigenvalue weighted by atomic mass is 19.1. The molecule has 0 amide bonds. The average Bonchev–Trinajstić information content (AvgIpc) is 3.50. The number of nitrogens with one attached hydrogen (secondary N) is 3. The van der Waals surface area contributed by atoms with E-state index in [9.17, 15) is 5.11 Å². The fourth-order valence-corrected chi connectivity index (χ4v) is 7.69. The van der Waals surface area contributed by atoms with Gasteiger partial charge in [-0.05, 0) is 63.2 Å². The summed E-state index contributed by atoms with van der Waals surface area (Å²) in [5, 5.41) is 24.5. The summed E-state index contributed by atoms with van der Waals surface area (Å²) in [5.74, 6) is 2.23. The molecule has 7 rings (SSSR count). The minimum atomic E-state index is -0.485. The van der Waals surface area contributed by atoms with Crippen LogP contribution in [-0.2, 0) is 4.74 Å². The number of nitrogens with zero attached hydrogens (tertiary/aromatic N) is 3. The lowest BCUT2D eigenvalue weighted by Crippen LogP contribution is -2.75. The molecular weight excluding hydrogens is 399 g/mol. The number of hydrogen-bond donors (Lipinski definition) is 4. The largest absolute Gasteiger partial charge is 0.389 e. The zero-order valence-electron chi connectivity index (χ0n) is 17.5. The van der Waals surface area contributed by atoms with E-state index in [0.29, 0.717) is 41.8 Å². The van der Waals surface area contributed by atoms with E-state index in [4.69, 9.17) is 4.74 Å². The maximum Gasteiger partial charge on any atom is 0.225 e. The highest BCUT2D eigenvalue weighted by molar-refractivity contribution is 5.56. The molecule has 4 N–H and O–H groups in total. The quantitative estimate of drug-likeness (QED) is 0.581. The summed E-state index contributed by atoms with van der Waals surface area (Å²) >= 11 is 0. The molecule has 5 fully saturated rings. The van der Waals surface area contributed by atoms with E-state index in [1.165, 1.54) is 0 Å². The number of ether oxygens (including phenoxy) is 1. The number of hydrogen-bond acceptors (Lipinski definition) is 7. The van der Waals surface area contributed by atoms with Crippen molar-refractivity contribution in [1.82, 2.24) is 20.2 Å². The van der Waals surface area contributed by atoms with Gasteiger partial charge < -0.3 is 20.5 Å². The smallest absolute Gasteiger partial charge is 0.225 e. The van der Waals surface area contributed by atoms with Crippen LogP contribution < -0.4 is 10.6 Å². The van der Waals surface area contributed by atoms with Crippen LogP contribution in [0.4, 0.5) is 22.0 Å². The van der Waals surface area contributed by atoms with Gasteiger partial charge in [-0.1, -0.05) is 0 Å². The number of rotatable bonds is 5. The van der Waals surface area contributed by atoms with Crippen LogP contribution in [0.5, 0.6) is 0 Å². The topological polar surface area (TPSA) is 108 Å². The van der Waals surface area contributed by atoms with Gasteiger partial charge in [0.2, 0.25) is 5.95 Å². The summed E-state index contributed by atoms with van der Waals surface area (Å²) in [5.41, 5.74) is 0.853.